The number of carboxylic acid groups (broad SMARTS) is 1. The van der Waals surface area contributed by atoms with Gasteiger partial charge in [-0.1, -0.05) is 12.1 Å². The Morgan fingerprint density at radius 1 is 1.32 bits per heavy atom. The molecule has 0 saturated heterocycles. The van der Waals surface area contributed by atoms with Crippen LogP contribution in [-0.4, -0.2) is 22.8 Å². The average molecular weight is 303 g/mol. The van der Waals surface area contributed by atoms with Gasteiger partial charge < -0.3 is 9.84 Å². The molecule has 0 radical (unpaired) electrons. The highest BCUT2D eigenvalue weighted by molar-refractivity contribution is 5.85. The summed E-state index contributed by atoms with van der Waals surface area (Å²) in [6.07, 6.45) is 5.40. The molecule has 5 heteroatoms. The molecule has 1 atom stereocenters. The topological polar surface area (TPSA) is 75.6 Å². The van der Waals surface area contributed by atoms with Crippen molar-refractivity contribution in [1.82, 2.24) is 0 Å². The van der Waals surface area contributed by atoms with Crippen molar-refractivity contribution in [2.24, 2.45) is 0 Å². The summed E-state index contributed by atoms with van der Waals surface area (Å²) in [6.45, 7) is 5.33. The Balaban J connectivity index is 2.75. The van der Waals surface area contributed by atoms with Crippen LogP contribution < -0.4 is 5.32 Å². The number of aliphatic carboxylic acids is 1. The second-order valence-electron chi connectivity index (χ2n) is 5.88. The Labute approximate surface area is 130 Å². The lowest BCUT2D eigenvalue weighted by molar-refractivity contribution is -0.138. The van der Waals surface area contributed by atoms with Gasteiger partial charge in [0.15, 0.2) is 0 Å². The normalized spacial score (nSPS) is 12.1. The predicted molar refractivity (Wildman–Crippen MR) is 84.7 cm³/mol. The first kappa shape index (κ1) is 17.6. The zero-order valence-corrected chi connectivity index (χ0v) is 13.1. The van der Waals surface area contributed by atoms with E-state index < -0.39 is 23.6 Å². The van der Waals surface area contributed by atoms with Gasteiger partial charge in [0.05, 0.1) is 5.92 Å². The van der Waals surface area contributed by atoms with Crippen molar-refractivity contribution in [3.63, 3.8) is 0 Å². The van der Waals surface area contributed by atoms with Gasteiger partial charge in [0.2, 0.25) is 0 Å². The molecule has 0 aliphatic heterocycles. The lowest BCUT2D eigenvalue weighted by Gasteiger charge is -2.19. The molecule has 1 rings (SSSR count). The summed E-state index contributed by atoms with van der Waals surface area (Å²) in [5.41, 5.74) is 0.616. The van der Waals surface area contributed by atoms with E-state index in [1.165, 1.54) is 0 Å². The van der Waals surface area contributed by atoms with E-state index >= 15 is 0 Å². The fourth-order valence-electron chi connectivity index (χ4n) is 1.88. The summed E-state index contributed by atoms with van der Waals surface area (Å²) in [6, 6.07) is 6.63. The molecule has 22 heavy (non-hydrogen) atoms. The third-order valence-corrected chi connectivity index (χ3v) is 2.83. The minimum Gasteiger partial charge on any atom is -0.481 e. The van der Waals surface area contributed by atoms with Crippen molar-refractivity contribution in [3.8, 4) is 12.3 Å². The number of rotatable bonds is 5. The number of carboxylic acids is 1. The Morgan fingerprint density at radius 3 is 2.36 bits per heavy atom. The highest BCUT2D eigenvalue weighted by atomic mass is 16.6. The maximum Gasteiger partial charge on any atom is 0.412 e. The van der Waals surface area contributed by atoms with E-state index in [1.54, 1.807) is 45.0 Å². The van der Waals surface area contributed by atoms with Crippen LogP contribution in [0.3, 0.4) is 0 Å². The van der Waals surface area contributed by atoms with E-state index in [1.807, 2.05) is 0 Å². The quantitative estimate of drug-likeness (QED) is 0.815. The van der Waals surface area contributed by atoms with Crippen LogP contribution in [0.1, 0.15) is 45.1 Å². The lowest BCUT2D eigenvalue weighted by Crippen LogP contribution is -2.27. The molecule has 2 N–H and O–H groups in total. The molecule has 0 heterocycles. The molecule has 0 saturated carbocycles. The minimum atomic E-state index is -0.914. The van der Waals surface area contributed by atoms with Gasteiger partial charge in [-0.25, -0.2) is 4.79 Å². The third kappa shape index (κ3) is 5.88. The van der Waals surface area contributed by atoms with Crippen LogP contribution in [-0.2, 0) is 9.53 Å². The monoisotopic (exact) mass is 303 g/mol. The van der Waals surface area contributed by atoms with Gasteiger partial charge in [-0.3, -0.25) is 10.1 Å². The maximum absolute atomic E-state index is 11.6. The van der Waals surface area contributed by atoms with E-state index in [0.29, 0.717) is 24.1 Å². The second-order valence-corrected chi connectivity index (χ2v) is 5.88. The summed E-state index contributed by atoms with van der Waals surface area (Å²) >= 11 is 0. The fourth-order valence-corrected chi connectivity index (χ4v) is 1.88. The van der Waals surface area contributed by atoms with Crippen LogP contribution in [0.25, 0.3) is 0 Å². The predicted octanol–water partition coefficient (Wildman–Crippen LogP) is 3.62. The van der Waals surface area contributed by atoms with Crippen molar-refractivity contribution < 1.29 is 19.4 Å². The van der Waals surface area contributed by atoms with Crippen LogP contribution in [0.2, 0.25) is 0 Å². The van der Waals surface area contributed by atoms with Crippen molar-refractivity contribution in [2.75, 3.05) is 5.32 Å². The van der Waals surface area contributed by atoms with Gasteiger partial charge in [-0.2, -0.15) is 0 Å². The highest BCUT2D eigenvalue weighted by Crippen LogP contribution is 2.23. The lowest BCUT2D eigenvalue weighted by atomic mass is 9.94. The molecule has 1 aromatic rings. The number of hydrogen-bond donors (Lipinski definition) is 2. The molecule has 0 aliphatic carbocycles. The van der Waals surface area contributed by atoms with Crippen molar-refractivity contribution in [3.05, 3.63) is 29.8 Å². The van der Waals surface area contributed by atoms with E-state index in [2.05, 4.69) is 11.2 Å². The summed E-state index contributed by atoms with van der Waals surface area (Å²) in [4.78, 5) is 22.9. The molecule has 0 aliphatic rings. The second kappa shape index (κ2) is 7.51. The number of carbonyl (C=O) groups is 2. The Hall–Kier alpha value is -2.48. The van der Waals surface area contributed by atoms with Gasteiger partial charge in [0, 0.05) is 12.1 Å². The van der Waals surface area contributed by atoms with E-state index in [9.17, 15) is 14.7 Å². The summed E-state index contributed by atoms with van der Waals surface area (Å²) < 4.78 is 5.14. The van der Waals surface area contributed by atoms with E-state index in [4.69, 9.17) is 11.2 Å². The Bertz CT molecular complexity index is 564. The minimum absolute atomic E-state index is 0.380. The van der Waals surface area contributed by atoms with Crippen molar-refractivity contribution in [1.29, 1.82) is 0 Å². The van der Waals surface area contributed by atoms with Gasteiger partial charge in [-0.15, -0.1) is 12.3 Å². The third-order valence-electron chi connectivity index (χ3n) is 2.83. The van der Waals surface area contributed by atoms with Crippen LogP contribution in [0.15, 0.2) is 24.3 Å². The first-order valence-electron chi connectivity index (χ1n) is 6.99. The molecule has 5 nitrogen and oxygen atoms in total. The Morgan fingerprint density at radius 2 is 1.91 bits per heavy atom. The number of amides is 1. The van der Waals surface area contributed by atoms with Crippen molar-refractivity contribution >= 4 is 17.7 Å². The standard InChI is InChI=1S/C17H21NO4/c1-5-6-7-14(15(19)20)12-8-10-13(11-9-12)18-16(21)22-17(2,3)4/h1,8-11,14H,6-7H2,2-4H3,(H,18,21)(H,19,20). The number of ether oxygens (including phenoxy) is 1. The first-order chi connectivity index (χ1) is 10.2. The number of hydrogen-bond acceptors (Lipinski definition) is 3. The van der Waals surface area contributed by atoms with Crippen LogP contribution in [0.5, 0.6) is 0 Å². The van der Waals surface area contributed by atoms with Crippen molar-refractivity contribution in [2.45, 2.75) is 45.1 Å². The molecule has 0 aromatic heterocycles. The van der Waals surface area contributed by atoms with Crippen LogP contribution in [0.4, 0.5) is 10.5 Å². The number of terminal acetylenes is 1. The largest absolute Gasteiger partial charge is 0.481 e. The molecule has 0 spiro atoms. The van der Waals surface area contributed by atoms with Gasteiger partial charge in [0.25, 0.3) is 0 Å². The van der Waals surface area contributed by atoms with Gasteiger partial charge in [0.1, 0.15) is 5.60 Å². The number of anilines is 1. The maximum atomic E-state index is 11.6. The van der Waals surface area contributed by atoms with Crippen LogP contribution in [0, 0.1) is 12.3 Å². The van der Waals surface area contributed by atoms with Gasteiger partial charge >= 0.3 is 12.1 Å². The zero-order chi connectivity index (χ0) is 16.8. The molecule has 0 fully saturated rings. The van der Waals surface area contributed by atoms with E-state index in [0.717, 1.165) is 0 Å². The first-order valence-corrected chi connectivity index (χ1v) is 6.99. The van der Waals surface area contributed by atoms with E-state index in [-0.39, 0.29) is 0 Å². The molecular weight excluding hydrogens is 282 g/mol. The summed E-state index contributed by atoms with van der Waals surface area (Å²) in [7, 11) is 0. The number of nitrogens with one attached hydrogen (secondary N) is 1. The molecule has 1 amide bonds. The zero-order valence-electron chi connectivity index (χ0n) is 13.1. The molecular formula is C17H21NO4. The molecule has 0 bridgehead atoms. The summed E-state index contributed by atoms with van der Waals surface area (Å²) in [5, 5.41) is 11.8. The SMILES string of the molecule is C#CCCC(C(=O)O)c1ccc(NC(=O)OC(C)(C)C)cc1. The van der Waals surface area contributed by atoms with Gasteiger partial charge in [-0.05, 0) is 44.9 Å². The number of carbonyl (C=O) groups excluding carboxylic acids is 1. The highest BCUT2D eigenvalue weighted by Gasteiger charge is 2.19. The molecule has 1 unspecified atom stereocenters. The molecule has 118 valence electrons. The Kier molecular flexibility index (Phi) is 6.00. The molecule has 1 aromatic carbocycles. The fraction of sp³-hybridized carbons (Fsp3) is 0.412. The summed E-state index contributed by atoms with van der Waals surface area (Å²) in [5.74, 6) is 0.885. The van der Waals surface area contributed by atoms with Crippen LogP contribution >= 0.6 is 0 Å². The number of benzene rings is 1. The smallest absolute Gasteiger partial charge is 0.412 e. The average Bonchev–Trinajstić information content (AvgIpc) is 2.38.